The number of benzene rings is 1. The van der Waals surface area contributed by atoms with Crippen molar-refractivity contribution in [2.45, 2.75) is 19.9 Å². The predicted molar refractivity (Wildman–Crippen MR) is 77.1 cm³/mol. The standard InChI is InChI=1S/C13H15BrN2S/c1-8-3-4-10(7-11(8)14)12(16-15)13-9(2)5-6-17-13/h3-7,12,16H,15H2,1-2H3. The number of aryl methyl sites for hydroxylation is 2. The fourth-order valence-electron chi connectivity index (χ4n) is 1.79. The van der Waals surface area contributed by atoms with Gasteiger partial charge in [-0.3, -0.25) is 5.84 Å². The quantitative estimate of drug-likeness (QED) is 0.670. The zero-order chi connectivity index (χ0) is 12.4. The van der Waals surface area contributed by atoms with Crippen LogP contribution in [0.2, 0.25) is 0 Å². The van der Waals surface area contributed by atoms with Gasteiger partial charge in [-0.05, 0) is 48.1 Å². The molecule has 90 valence electrons. The molecule has 0 fully saturated rings. The molecule has 0 saturated carbocycles. The summed E-state index contributed by atoms with van der Waals surface area (Å²) in [4.78, 5) is 1.27. The number of nitrogens with two attached hydrogens (primary N) is 1. The Balaban J connectivity index is 2.42. The average molecular weight is 311 g/mol. The molecule has 1 aromatic carbocycles. The Kier molecular flexibility index (Phi) is 3.99. The third-order valence-corrected chi connectivity index (χ3v) is 4.80. The van der Waals surface area contributed by atoms with E-state index < -0.39 is 0 Å². The van der Waals surface area contributed by atoms with Gasteiger partial charge in [0.25, 0.3) is 0 Å². The zero-order valence-electron chi connectivity index (χ0n) is 9.83. The Hall–Kier alpha value is -0.680. The highest BCUT2D eigenvalue weighted by Crippen LogP contribution is 2.30. The van der Waals surface area contributed by atoms with Crippen molar-refractivity contribution in [1.29, 1.82) is 0 Å². The predicted octanol–water partition coefficient (Wildman–Crippen LogP) is 3.68. The Bertz CT molecular complexity index is 522. The molecule has 0 bridgehead atoms. The van der Waals surface area contributed by atoms with Crippen LogP contribution in [-0.2, 0) is 0 Å². The van der Waals surface area contributed by atoms with Crippen molar-refractivity contribution in [2.75, 3.05) is 0 Å². The number of halogens is 1. The molecule has 2 rings (SSSR count). The summed E-state index contributed by atoms with van der Waals surface area (Å²) in [5, 5.41) is 2.10. The number of hydrazine groups is 1. The van der Waals surface area contributed by atoms with E-state index in [1.807, 2.05) is 0 Å². The van der Waals surface area contributed by atoms with E-state index in [2.05, 4.69) is 64.8 Å². The van der Waals surface area contributed by atoms with Gasteiger partial charge in [0.2, 0.25) is 0 Å². The van der Waals surface area contributed by atoms with Crippen molar-refractivity contribution < 1.29 is 0 Å². The first-order valence-corrected chi connectivity index (χ1v) is 7.07. The summed E-state index contributed by atoms with van der Waals surface area (Å²) in [5.41, 5.74) is 6.58. The van der Waals surface area contributed by atoms with Crippen LogP contribution < -0.4 is 11.3 Å². The normalized spacial score (nSPS) is 12.7. The largest absolute Gasteiger partial charge is 0.271 e. The lowest BCUT2D eigenvalue weighted by atomic mass is 10.0. The van der Waals surface area contributed by atoms with Gasteiger partial charge in [0.05, 0.1) is 6.04 Å². The molecule has 4 heteroatoms. The molecule has 1 aromatic heterocycles. The minimum atomic E-state index is 0.0619. The topological polar surface area (TPSA) is 38.0 Å². The number of nitrogens with one attached hydrogen (secondary N) is 1. The van der Waals surface area contributed by atoms with Gasteiger partial charge in [-0.1, -0.05) is 28.1 Å². The minimum absolute atomic E-state index is 0.0619. The molecule has 0 aliphatic rings. The van der Waals surface area contributed by atoms with Gasteiger partial charge in [0.1, 0.15) is 0 Å². The molecule has 1 atom stereocenters. The maximum Gasteiger partial charge on any atom is 0.0805 e. The van der Waals surface area contributed by atoms with Crippen LogP contribution in [0.1, 0.15) is 27.6 Å². The molecule has 1 heterocycles. The van der Waals surface area contributed by atoms with Gasteiger partial charge in [-0.25, -0.2) is 5.43 Å². The van der Waals surface area contributed by atoms with Crippen LogP contribution in [0, 0.1) is 13.8 Å². The van der Waals surface area contributed by atoms with Crippen LogP contribution in [0.5, 0.6) is 0 Å². The van der Waals surface area contributed by atoms with E-state index >= 15 is 0 Å². The molecular weight excluding hydrogens is 296 g/mol. The number of thiophene rings is 1. The van der Waals surface area contributed by atoms with Crippen molar-refractivity contribution in [2.24, 2.45) is 5.84 Å². The monoisotopic (exact) mass is 310 g/mol. The van der Waals surface area contributed by atoms with E-state index in [0.29, 0.717) is 0 Å². The Morgan fingerprint density at radius 3 is 2.53 bits per heavy atom. The second-order valence-corrected chi connectivity index (χ2v) is 5.88. The SMILES string of the molecule is Cc1ccc(C(NN)c2sccc2C)cc1Br. The summed E-state index contributed by atoms with van der Waals surface area (Å²) in [5.74, 6) is 5.69. The molecule has 0 radical (unpaired) electrons. The van der Waals surface area contributed by atoms with Gasteiger partial charge < -0.3 is 0 Å². The summed E-state index contributed by atoms with van der Waals surface area (Å²) in [7, 11) is 0. The van der Waals surface area contributed by atoms with E-state index in [0.717, 1.165) is 4.47 Å². The summed E-state index contributed by atoms with van der Waals surface area (Å²) < 4.78 is 1.12. The Morgan fingerprint density at radius 2 is 2.00 bits per heavy atom. The molecule has 0 spiro atoms. The fraction of sp³-hybridized carbons (Fsp3) is 0.231. The summed E-state index contributed by atoms with van der Waals surface area (Å²) >= 11 is 5.29. The summed E-state index contributed by atoms with van der Waals surface area (Å²) in [6, 6.07) is 8.52. The molecule has 2 nitrogen and oxygen atoms in total. The second kappa shape index (κ2) is 5.31. The Labute approximate surface area is 114 Å². The molecule has 3 N–H and O–H groups in total. The minimum Gasteiger partial charge on any atom is -0.271 e. The van der Waals surface area contributed by atoms with Crippen molar-refractivity contribution in [3.63, 3.8) is 0 Å². The summed E-state index contributed by atoms with van der Waals surface area (Å²) in [6.45, 7) is 4.19. The van der Waals surface area contributed by atoms with Gasteiger partial charge in [0, 0.05) is 9.35 Å². The van der Waals surface area contributed by atoms with Crippen LogP contribution >= 0.6 is 27.3 Å². The lowest BCUT2D eigenvalue weighted by molar-refractivity contribution is 0.643. The smallest absolute Gasteiger partial charge is 0.0805 e. The highest BCUT2D eigenvalue weighted by molar-refractivity contribution is 9.10. The number of hydrogen-bond acceptors (Lipinski definition) is 3. The van der Waals surface area contributed by atoms with Crippen molar-refractivity contribution in [3.05, 3.63) is 55.7 Å². The van der Waals surface area contributed by atoms with Crippen LogP contribution in [0.15, 0.2) is 34.1 Å². The molecule has 0 aliphatic carbocycles. The molecule has 0 aliphatic heterocycles. The van der Waals surface area contributed by atoms with E-state index in [1.54, 1.807) is 11.3 Å². The number of hydrogen-bond donors (Lipinski definition) is 2. The zero-order valence-corrected chi connectivity index (χ0v) is 12.2. The highest BCUT2D eigenvalue weighted by Gasteiger charge is 2.16. The fourth-order valence-corrected chi connectivity index (χ4v) is 3.20. The molecule has 0 saturated heterocycles. The maximum atomic E-state index is 5.69. The van der Waals surface area contributed by atoms with E-state index in [9.17, 15) is 0 Å². The van der Waals surface area contributed by atoms with Gasteiger partial charge in [-0.15, -0.1) is 11.3 Å². The van der Waals surface area contributed by atoms with Crippen LogP contribution in [0.3, 0.4) is 0 Å². The van der Waals surface area contributed by atoms with Crippen LogP contribution in [0.4, 0.5) is 0 Å². The van der Waals surface area contributed by atoms with Crippen LogP contribution in [-0.4, -0.2) is 0 Å². The van der Waals surface area contributed by atoms with Crippen LogP contribution in [0.25, 0.3) is 0 Å². The van der Waals surface area contributed by atoms with Gasteiger partial charge in [0.15, 0.2) is 0 Å². The first-order valence-electron chi connectivity index (χ1n) is 5.39. The first kappa shape index (κ1) is 12.8. The lowest BCUT2D eigenvalue weighted by Gasteiger charge is -2.17. The molecule has 17 heavy (non-hydrogen) atoms. The summed E-state index contributed by atoms with van der Waals surface area (Å²) in [6.07, 6.45) is 0. The van der Waals surface area contributed by atoms with E-state index in [4.69, 9.17) is 5.84 Å². The van der Waals surface area contributed by atoms with Gasteiger partial charge >= 0.3 is 0 Å². The average Bonchev–Trinajstić information content (AvgIpc) is 2.71. The molecular formula is C13H15BrN2S. The maximum absolute atomic E-state index is 5.69. The molecule has 2 aromatic rings. The lowest BCUT2D eigenvalue weighted by Crippen LogP contribution is -2.28. The third-order valence-electron chi connectivity index (χ3n) is 2.86. The van der Waals surface area contributed by atoms with E-state index in [1.165, 1.54) is 21.6 Å². The Morgan fingerprint density at radius 1 is 1.24 bits per heavy atom. The van der Waals surface area contributed by atoms with Crippen molar-refractivity contribution in [3.8, 4) is 0 Å². The van der Waals surface area contributed by atoms with Gasteiger partial charge in [-0.2, -0.15) is 0 Å². The second-order valence-electron chi connectivity index (χ2n) is 4.08. The molecule has 0 amide bonds. The third kappa shape index (κ3) is 2.60. The number of rotatable bonds is 3. The van der Waals surface area contributed by atoms with E-state index in [-0.39, 0.29) is 6.04 Å². The molecule has 1 unspecified atom stereocenters. The first-order chi connectivity index (χ1) is 8.13. The highest BCUT2D eigenvalue weighted by atomic mass is 79.9. The van der Waals surface area contributed by atoms with Crippen molar-refractivity contribution in [1.82, 2.24) is 5.43 Å². The van der Waals surface area contributed by atoms with Crippen molar-refractivity contribution >= 4 is 27.3 Å².